The molecule has 1 fully saturated rings. The molecule has 1 saturated carbocycles. The van der Waals surface area contributed by atoms with Gasteiger partial charge in [-0.15, -0.1) is 0 Å². The second kappa shape index (κ2) is 10.8. The van der Waals surface area contributed by atoms with Crippen LogP contribution in [0.3, 0.4) is 0 Å². The van der Waals surface area contributed by atoms with E-state index in [-0.39, 0.29) is 29.0 Å². The monoisotopic (exact) mass is 475 g/mol. The van der Waals surface area contributed by atoms with Crippen LogP contribution >= 0.6 is 0 Å². The zero-order chi connectivity index (χ0) is 24.9. The summed E-state index contributed by atoms with van der Waals surface area (Å²) in [6.45, 7) is 4.55. The van der Waals surface area contributed by atoms with Gasteiger partial charge in [-0.3, -0.25) is 14.4 Å². The molecular formula is C28H33N3O4. The molecule has 0 aliphatic heterocycles. The highest BCUT2D eigenvalue weighted by Crippen LogP contribution is 2.30. The molecule has 1 N–H and O–H groups in total. The van der Waals surface area contributed by atoms with Gasteiger partial charge >= 0.3 is 0 Å². The number of nitrogens with zero attached hydrogens (tertiary/aromatic N) is 2. The van der Waals surface area contributed by atoms with Crippen molar-refractivity contribution in [1.82, 2.24) is 14.8 Å². The lowest BCUT2D eigenvalue weighted by atomic mass is 10.0. The molecule has 1 aromatic carbocycles. The number of aromatic nitrogens is 1. The van der Waals surface area contributed by atoms with E-state index in [4.69, 9.17) is 4.42 Å². The maximum Gasteiger partial charge on any atom is 0.259 e. The summed E-state index contributed by atoms with van der Waals surface area (Å²) in [7, 11) is 1.69. The number of benzene rings is 1. The van der Waals surface area contributed by atoms with Crippen molar-refractivity contribution in [2.45, 2.75) is 51.6 Å². The molecule has 7 heteroatoms. The van der Waals surface area contributed by atoms with Crippen molar-refractivity contribution in [1.29, 1.82) is 0 Å². The van der Waals surface area contributed by atoms with Gasteiger partial charge in [-0.05, 0) is 36.5 Å². The van der Waals surface area contributed by atoms with Gasteiger partial charge < -0.3 is 19.2 Å². The average Bonchev–Trinajstić information content (AvgIpc) is 3.57. The van der Waals surface area contributed by atoms with E-state index in [1.165, 1.54) is 0 Å². The fraction of sp³-hybridized carbons (Fsp3) is 0.393. The molecule has 0 unspecified atom stereocenters. The maximum atomic E-state index is 13.5. The molecule has 184 valence electrons. The van der Waals surface area contributed by atoms with Crippen LogP contribution in [0.15, 0.2) is 70.3 Å². The largest absolute Gasteiger partial charge is 0.467 e. The van der Waals surface area contributed by atoms with Crippen molar-refractivity contribution in [2.24, 2.45) is 5.92 Å². The van der Waals surface area contributed by atoms with E-state index in [0.29, 0.717) is 12.3 Å². The normalized spacial score (nSPS) is 14.7. The number of amides is 2. The number of rotatable bonds is 8. The summed E-state index contributed by atoms with van der Waals surface area (Å²) in [6.07, 6.45) is 8.88. The van der Waals surface area contributed by atoms with Crippen molar-refractivity contribution < 1.29 is 14.0 Å². The topological polar surface area (TPSA) is 84.6 Å². The first-order chi connectivity index (χ1) is 16.8. The Labute approximate surface area is 205 Å². The molecule has 1 atom stereocenters. The molecule has 2 amide bonds. The third-order valence-corrected chi connectivity index (χ3v) is 6.49. The van der Waals surface area contributed by atoms with Crippen molar-refractivity contribution in [3.05, 3.63) is 93.8 Å². The number of hydrogen-bond donors (Lipinski definition) is 1. The Morgan fingerprint density at radius 3 is 2.37 bits per heavy atom. The fourth-order valence-corrected chi connectivity index (χ4v) is 4.79. The van der Waals surface area contributed by atoms with E-state index in [1.54, 1.807) is 42.7 Å². The molecule has 35 heavy (non-hydrogen) atoms. The fourth-order valence-electron chi connectivity index (χ4n) is 4.79. The summed E-state index contributed by atoms with van der Waals surface area (Å²) < 4.78 is 7.49. The molecule has 0 spiro atoms. The first-order valence-electron chi connectivity index (χ1n) is 12.3. The Hall–Kier alpha value is -3.61. The van der Waals surface area contributed by atoms with Crippen LogP contribution in [0.25, 0.3) is 0 Å². The Balaban J connectivity index is 1.73. The van der Waals surface area contributed by atoms with Gasteiger partial charge in [0.1, 0.15) is 22.9 Å². The maximum absolute atomic E-state index is 13.5. The zero-order valence-electron chi connectivity index (χ0n) is 20.6. The minimum Gasteiger partial charge on any atom is -0.467 e. The third kappa shape index (κ3) is 5.56. The lowest BCUT2D eigenvalue weighted by Gasteiger charge is -2.22. The van der Waals surface area contributed by atoms with Gasteiger partial charge in [0.2, 0.25) is 5.43 Å². The lowest BCUT2D eigenvalue weighted by molar-refractivity contribution is 0.0776. The van der Waals surface area contributed by atoms with Gasteiger partial charge in [-0.25, -0.2) is 0 Å². The van der Waals surface area contributed by atoms with E-state index < -0.39 is 17.4 Å². The predicted octanol–water partition coefficient (Wildman–Crippen LogP) is 4.80. The van der Waals surface area contributed by atoms with E-state index in [1.807, 2.05) is 48.7 Å². The minimum atomic E-state index is -0.569. The van der Waals surface area contributed by atoms with Gasteiger partial charge in [-0.2, -0.15) is 0 Å². The van der Waals surface area contributed by atoms with Crippen LogP contribution in [0.2, 0.25) is 0 Å². The van der Waals surface area contributed by atoms with E-state index in [9.17, 15) is 14.4 Å². The van der Waals surface area contributed by atoms with Crippen LogP contribution in [0.1, 0.15) is 83.7 Å². The average molecular weight is 476 g/mol. The molecule has 0 radical (unpaired) electrons. The molecule has 7 nitrogen and oxygen atoms in total. The quantitative estimate of drug-likeness (QED) is 0.507. The number of pyridine rings is 1. The zero-order valence-corrected chi connectivity index (χ0v) is 20.6. The molecule has 0 saturated heterocycles. The molecular weight excluding hydrogens is 442 g/mol. The molecule has 2 aromatic heterocycles. The minimum absolute atomic E-state index is 0.0296. The highest BCUT2D eigenvalue weighted by atomic mass is 16.3. The SMILES string of the molecule is CC(C)CN(C)C(=O)c1cn(C2CCCC2)cc(C(=O)N[C@H](c2ccccc2)c2ccco2)c1=O. The van der Waals surface area contributed by atoms with E-state index in [0.717, 1.165) is 31.2 Å². The summed E-state index contributed by atoms with van der Waals surface area (Å²) in [5, 5.41) is 2.97. The summed E-state index contributed by atoms with van der Waals surface area (Å²) in [4.78, 5) is 41.8. The van der Waals surface area contributed by atoms with Gasteiger partial charge in [0.25, 0.3) is 11.8 Å². The van der Waals surface area contributed by atoms with Gasteiger partial charge in [0, 0.05) is 32.0 Å². The number of carbonyl (C=O) groups is 2. The van der Waals surface area contributed by atoms with Crippen LogP contribution in [0, 0.1) is 5.92 Å². The first kappa shape index (κ1) is 24.5. The number of nitrogens with one attached hydrogen (secondary N) is 1. The second-order valence-corrected chi connectivity index (χ2v) is 9.71. The molecule has 2 heterocycles. The van der Waals surface area contributed by atoms with Gasteiger partial charge in [0.05, 0.1) is 6.26 Å². The van der Waals surface area contributed by atoms with Crippen LogP contribution in [0.4, 0.5) is 0 Å². The molecule has 3 aromatic rings. The highest BCUT2D eigenvalue weighted by Gasteiger charge is 2.27. The summed E-state index contributed by atoms with van der Waals surface area (Å²) in [6, 6.07) is 12.6. The lowest BCUT2D eigenvalue weighted by Crippen LogP contribution is -2.38. The Morgan fingerprint density at radius 1 is 1.06 bits per heavy atom. The van der Waals surface area contributed by atoms with Crippen molar-refractivity contribution >= 4 is 11.8 Å². The summed E-state index contributed by atoms with van der Waals surface area (Å²) in [5.41, 5.74) is 0.273. The predicted molar refractivity (Wildman–Crippen MR) is 134 cm³/mol. The Kier molecular flexibility index (Phi) is 7.54. The van der Waals surface area contributed by atoms with Crippen molar-refractivity contribution in [3.63, 3.8) is 0 Å². The second-order valence-electron chi connectivity index (χ2n) is 9.71. The van der Waals surface area contributed by atoms with E-state index in [2.05, 4.69) is 5.32 Å². The highest BCUT2D eigenvalue weighted by molar-refractivity contribution is 5.99. The van der Waals surface area contributed by atoms with Gasteiger partial charge in [-0.1, -0.05) is 57.0 Å². The number of furan rings is 1. The third-order valence-electron chi connectivity index (χ3n) is 6.49. The van der Waals surface area contributed by atoms with Crippen LogP contribution in [0.5, 0.6) is 0 Å². The van der Waals surface area contributed by atoms with Crippen molar-refractivity contribution in [3.8, 4) is 0 Å². The molecule has 1 aliphatic rings. The number of carbonyl (C=O) groups excluding carboxylic acids is 2. The van der Waals surface area contributed by atoms with Crippen molar-refractivity contribution in [2.75, 3.05) is 13.6 Å². The molecule has 4 rings (SSSR count). The van der Waals surface area contributed by atoms with Crippen LogP contribution in [-0.4, -0.2) is 34.9 Å². The molecule has 0 bridgehead atoms. The Morgan fingerprint density at radius 2 is 1.74 bits per heavy atom. The van der Waals surface area contributed by atoms with Crippen LogP contribution in [-0.2, 0) is 0 Å². The van der Waals surface area contributed by atoms with E-state index >= 15 is 0 Å². The van der Waals surface area contributed by atoms with Gasteiger partial charge in [0.15, 0.2) is 0 Å². The summed E-state index contributed by atoms with van der Waals surface area (Å²) in [5.74, 6) is -0.0825. The smallest absolute Gasteiger partial charge is 0.259 e. The Bertz CT molecular complexity index is 1210. The molecule has 1 aliphatic carbocycles. The summed E-state index contributed by atoms with van der Waals surface area (Å²) >= 11 is 0. The van der Waals surface area contributed by atoms with Crippen LogP contribution < -0.4 is 10.7 Å². The standard InChI is InChI=1S/C28H33N3O4/c1-19(2)16-30(3)28(34)23-18-31(21-12-7-8-13-21)17-22(26(23)32)27(33)29-25(24-14-9-15-35-24)20-10-5-4-6-11-20/h4-6,9-11,14-15,17-19,21,25H,7-8,12-13,16H2,1-3H3,(H,29,33)/t25-/m1/s1. The number of hydrogen-bond acceptors (Lipinski definition) is 4. The first-order valence-corrected chi connectivity index (χ1v) is 12.3.